The number of rotatable bonds is 4. The molecule has 1 atom stereocenters. The summed E-state index contributed by atoms with van der Waals surface area (Å²) in [5.41, 5.74) is -0.190. The summed E-state index contributed by atoms with van der Waals surface area (Å²) in [5.74, 6) is 0.143. The summed E-state index contributed by atoms with van der Waals surface area (Å²) in [6, 6.07) is 11.2. The number of amides is 3. The second-order valence-corrected chi connectivity index (χ2v) is 6.59. The zero-order valence-corrected chi connectivity index (χ0v) is 15.5. The van der Waals surface area contributed by atoms with Crippen LogP contribution in [0.2, 0.25) is 10.0 Å². The summed E-state index contributed by atoms with van der Waals surface area (Å²) in [7, 11) is 1.55. The van der Waals surface area contributed by atoms with Crippen LogP contribution in [-0.4, -0.2) is 30.3 Å². The largest absolute Gasteiger partial charge is 0.497 e. The number of nitrogens with one attached hydrogen (secondary N) is 1. The minimum absolute atomic E-state index is 0.367. The van der Waals surface area contributed by atoms with Crippen LogP contribution in [0.3, 0.4) is 0 Å². The van der Waals surface area contributed by atoms with E-state index in [0.717, 1.165) is 5.01 Å². The number of benzene rings is 2. The summed E-state index contributed by atoms with van der Waals surface area (Å²) in [4.78, 5) is 25.1. The first-order valence-corrected chi connectivity index (χ1v) is 8.41. The highest BCUT2D eigenvalue weighted by molar-refractivity contribution is 6.38. The van der Waals surface area contributed by atoms with Gasteiger partial charge in [0.1, 0.15) is 11.3 Å². The summed E-state index contributed by atoms with van der Waals surface area (Å²) < 4.78 is 5.11. The van der Waals surface area contributed by atoms with E-state index in [-0.39, 0.29) is 0 Å². The molecule has 2 aromatic rings. The van der Waals surface area contributed by atoms with Crippen LogP contribution < -0.4 is 10.1 Å². The molecule has 6 nitrogen and oxygen atoms in total. The molecule has 1 unspecified atom stereocenters. The standard InChI is InChI=1S/C18H15Cl2N3O3/c1-18(11-6-8-12(26-2)9-7-11)16(24)23(17(25)22-18)21-10-13-14(19)4-3-5-15(13)20/h3-10H,1-2H3,(H,22,25)/b21-10+. The Bertz CT molecular complexity index is 879. The van der Waals surface area contributed by atoms with Gasteiger partial charge in [-0.05, 0) is 36.8 Å². The fraction of sp³-hybridized carbons (Fsp3) is 0.167. The van der Waals surface area contributed by atoms with E-state index >= 15 is 0 Å². The van der Waals surface area contributed by atoms with Crippen LogP contribution >= 0.6 is 23.2 Å². The molecule has 1 aliphatic heterocycles. The summed E-state index contributed by atoms with van der Waals surface area (Å²) in [5, 5.41) is 8.15. The van der Waals surface area contributed by atoms with Gasteiger partial charge in [0.25, 0.3) is 5.91 Å². The van der Waals surface area contributed by atoms with Crippen molar-refractivity contribution < 1.29 is 14.3 Å². The second kappa shape index (κ2) is 6.97. The maximum atomic E-state index is 12.8. The van der Waals surface area contributed by atoms with E-state index in [9.17, 15) is 9.59 Å². The number of hydrazone groups is 1. The van der Waals surface area contributed by atoms with Crippen LogP contribution in [0.1, 0.15) is 18.1 Å². The van der Waals surface area contributed by atoms with Crippen LogP contribution in [0.15, 0.2) is 47.6 Å². The molecule has 1 fully saturated rings. The van der Waals surface area contributed by atoms with Crippen LogP contribution in [0.5, 0.6) is 5.75 Å². The van der Waals surface area contributed by atoms with Crippen molar-refractivity contribution in [3.63, 3.8) is 0 Å². The van der Waals surface area contributed by atoms with E-state index in [1.807, 2.05) is 0 Å². The molecular formula is C18H15Cl2N3O3. The molecule has 0 radical (unpaired) electrons. The van der Waals surface area contributed by atoms with Crippen LogP contribution in [-0.2, 0) is 10.3 Å². The Labute approximate surface area is 160 Å². The lowest BCUT2D eigenvalue weighted by Gasteiger charge is -2.21. The minimum atomic E-state index is -1.23. The van der Waals surface area contributed by atoms with Crippen LogP contribution in [0.4, 0.5) is 4.79 Å². The zero-order valence-electron chi connectivity index (χ0n) is 14.0. The van der Waals surface area contributed by atoms with E-state index < -0.39 is 17.5 Å². The number of methoxy groups -OCH3 is 1. The number of hydrogen-bond donors (Lipinski definition) is 1. The molecule has 0 aliphatic carbocycles. The SMILES string of the molecule is COc1ccc(C2(C)NC(=O)N(/N=C/c3c(Cl)cccc3Cl)C2=O)cc1. The molecule has 2 aromatic carbocycles. The Morgan fingerprint density at radius 2 is 1.73 bits per heavy atom. The van der Waals surface area contributed by atoms with Crippen molar-refractivity contribution in [2.45, 2.75) is 12.5 Å². The fourth-order valence-electron chi connectivity index (χ4n) is 2.60. The summed E-state index contributed by atoms with van der Waals surface area (Å²) in [6.07, 6.45) is 1.29. The van der Waals surface area contributed by atoms with Crippen molar-refractivity contribution in [3.05, 3.63) is 63.6 Å². The van der Waals surface area contributed by atoms with Crippen molar-refractivity contribution in [1.29, 1.82) is 0 Å². The quantitative estimate of drug-likeness (QED) is 0.636. The van der Waals surface area contributed by atoms with Gasteiger partial charge in [0, 0.05) is 5.56 Å². The fourth-order valence-corrected chi connectivity index (χ4v) is 3.09. The molecule has 0 saturated carbocycles. The lowest BCUT2D eigenvalue weighted by atomic mass is 9.92. The first-order valence-electron chi connectivity index (χ1n) is 7.66. The number of carbonyl (C=O) groups is 2. The minimum Gasteiger partial charge on any atom is -0.497 e. The molecule has 0 bridgehead atoms. The number of ether oxygens (including phenoxy) is 1. The third-order valence-corrected chi connectivity index (χ3v) is 4.80. The van der Waals surface area contributed by atoms with Crippen molar-refractivity contribution >= 4 is 41.4 Å². The molecule has 134 valence electrons. The molecule has 0 aromatic heterocycles. The van der Waals surface area contributed by atoms with E-state index in [1.165, 1.54) is 6.21 Å². The topological polar surface area (TPSA) is 71.0 Å². The van der Waals surface area contributed by atoms with E-state index in [1.54, 1.807) is 56.5 Å². The smallest absolute Gasteiger partial charge is 0.346 e. The first-order chi connectivity index (χ1) is 12.4. The molecule has 1 heterocycles. The average molecular weight is 392 g/mol. The molecule has 0 spiro atoms. The van der Waals surface area contributed by atoms with Crippen molar-refractivity contribution in [1.82, 2.24) is 10.3 Å². The highest BCUT2D eigenvalue weighted by Gasteiger charge is 2.49. The molecular weight excluding hydrogens is 377 g/mol. The van der Waals surface area contributed by atoms with Gasteiger partial charge in [-0.3, -0.25) is 4.79 Å². The van der Waals surface area contributed by atoms with Crippen molar-refractivity contribution in [3.8, 4) is 5.75 Å². The van der Waals surface area contributed by atoms with Crippen molar-refractivity contribution in [2.24, 2.45) is 5.10 Å². The number of imide groups is 1. The normalized spacial score (nSPS) is 19.9. The van der Waals surface area contributed by atoms with Gasteiger partial charge in [-0.15, -0.1) is 5.01 Å². The number of halogens is 2. The average Bonchev–Trinajstić information content (AvgIpc) is 2.85. The Balaban J connectivity index is 1.90. The van der Waals surface area contributed by atoms with Gasteiger partial charge in [-0.2, -0.15) is 5.10 Å². The Hall–Kier alpha value is -2.57. The highest BCUT2D eigenvalue weighted by atomic mass is 35.5. The van der Waals surface area contributed by atoms with E-state index in [0.29, 0.717) is 26.9 Å². The predicted molar refractivity (Wildman–Crippen MR) is 99.8 cm³/mol. The lowest BCUT2D eigenvalue weighted by Crippen LogP contribution is -2.40. The zero-order chi connectivity index (χ0) is 18.9. The monoisotopic (exact) mass is 391 g/mol. The van der Waals surface area contributed by atoms with Gasteiger partial charge < -0.3 is 10.1 Å². The molecule has 1 N–H and O–H groups in total. The maximum absolute atomic E-state index is 12.8. The third kappa shape index (κ3) is 3.13. The number of nitrogens with zero attached hydrogens (tertiary/aromatic N) is 2. The maximum Gasteiger partial charge on any atom is 0.346 e. The van der Waals surface area contributed by atoms with E-state index in [2.05, 4.69) is 10.4 Å². The van der Waals surface area contributed by atoms with Crippen LogP contribution in [0.25, 0.3) is 0 Å². The number of urea groups is 1. The second-order valence-electron chi connectivity index (χ2n) is 5.78. The van der Waals surface area contributed by atoms with Gasteiger partial charge in [-0.1, -0.05) is 41.4 Å². The Morgan fingerprint density at radius 1 is 1.12 bits per heavy atom. The van der Waals surface area contributed by atoms with Gasteiger partial charge >= 0.3 is 6.03 Å². The third-order valence-electron chi connectivity index (χ3n) is 4.14. The number of carbonyl (C=O) groups excluding carboxylic acids is 2. The van der Waals surface area contributed by atoms with Gasteiger partial charge in [-0.25, -0.2) is 4.79 Å². The molecule has 1 aliphatic rings. The predicted octanol–water partition coefficient (Wildman–Crippen LogP) is 3.80. The first kappa shape index (κ1) is 18.2. The lowest BCUT2D eigenvalue weighted by molar-refractivity contribution is -0.131. The molecule has 1 saturated heterocycles. The van der Waals surface area contributed by atoms with Gasteiger partial charge in [0.05, 0.1) is 23.4 Å². The highest BCUT2D eigenvalue weighted by Crippen LogP contribution is 2.30. The summed E-state index contributed by atoms with van der Waals surface area (Å²) >= 11 is 12.2. The van der Waals surface area contributed by atoms with Crippen LogP contribution in [0, 0.1) is 0 Å². The molecule has 8 heteroatoms. The Kier molecular flexibility index (Phi) is 4.89. The Morgan fingerprint density at radius 3 is 2.31 bits per heavy atom. The van der Waals surface area contributed by atoms with Crippen molar-refractivity contribution in [2.75, 3.05) is 7.11 Å². The van der Waals surface area contributed by atoms with E-state index in [4.69, 9.17) is 27.9 Å². The van der Waals surface area contributed by atoms with Gasteiger partial charge in [0.2, 0.25) is 0 Å². The number of hydrogen-bond acceptors (Lipinski definition) is 4. The molecule has 3 amide bonds. The summed E-state index contributed by atoms with van der Waals surface area (Å²) in [6.45, 7) is 1.62. The molecule has 26 heavy (non-hydrogen) atoms. The molecule has 3 rings (SSSR count). The van der Waals surface area contributed by atoms with Gasteiger partial charge in [0.15, 0.2) is 0 Å².